The molecule has 0 saturated heterocycles. The highest BCUT2D eigenvalue weighted by Crippen LogP contribution is 2.25. The Bertz CT molecular complexity index is 774. The Morgan fingerprint density at radius 2 is 1.92 bits per heavy atom. The van der Waals surface area contributed by atoms with Crippen molar-refractivity contribution in [3.8, 4) is 0 Å². The molecule has 0 aliphatic heterocycles. The van der Waals surface area contributed by atoms with Crippen molar-refractivity contribution in [2.45, 2.75) is 58.3 Å². The van der Waals surface area contributed by atoms with Crippen LogP contribution in [0.4, 0.5) is 0 Å². The number of aromatic nitrogens is 2. The van der Waals surface area contributed by atoms with E-state index in [0.29, 0.717) is 35.5 Å². The summed E-state index contributed by atoms with van der Waals surface area (Å²) in [7, 11) is 0. The predicted octanol–water partition coefficient (Wildman–Crippen LogP) is 3.39. The Hall–Kier alpha value is -2.17. The van der Waals surface area contributed by atoms with Crippen molar-refractivity contribution in [3.63, 3.8) is 0 Å². The molecule has 1 saturated carbocycles. The van der Waals surface area contributed by atoms with Crippen LogP contribution in [-0.4, -0.2) is 15.6 Å². The molecule has 0 unspecified atom stereocenters. The van der Waals surface area contributed by atoms with E-state index < -0.39 is 0 Å². The van der Waals surface area contributed by atoms with Crippen LogP contribution >= 0.6 is 0 Å². The van der Waals surface area contributed by atoms with Gasteiger partial charge in [0.1, 0.15) is 5.82 Å². The summed E-state index contributed by atoms with van der Waals surface area (Å²) in [5.74, 6) is 0.936. The van der Waals surface area contributed by atoms with E-state index in [1.807, 2.05) is 25.1 Å². The molecule has 0 bridgehead atoms. The third-order valence-electron chi connectivity index (χ3n) is 4.85. The van der Waals surface area contributed by atoms with E-state index in [9.17, 15) is 9.59 Å². The van der Waals surface area contributed by atoms with Gasteiger partial charge in [-0.15, -0.1) is 0 Å². The molecule has 1 fully saturated rings. The number of carbonyl (C=O) groups excluding carboxylic acids is 1. The fourth-order valence-electron chi connectivity index (χ4n) is 3.53. The number of rotatable bonds is 4. The number of nitrogens with zero attached hydrogens (tertiary/aromatic N) is 2. The summed E-state index contributed by atoms with van der Waals surface area (Å²) in [6.45, 7) is 1.94. The number of aryl methyl sites for hydroxylation is 1. The third-order valence-corrected chi connectivity index (χ3v) is 4.85. The molecule has 1 aromatic heterocycles. The Balaban J connectivity index is 1.82. The van der Waals surface area contributed by atoms with Crippen LogP contribution in [0.15, 0.2) is 29.1 Å². The average molecular weight is 327 g/mol. The minimum atomic E-state index is -0.202. The molecule has 1 aliphatic carbocycles. The van der Waals surface area contributed by atoms with Gasteiger partial charge >= 0.3 is 0 Å². The second-order valence-corrected chi connectivity index (χ2v) is 6.64. The van der Waals surface area contributed by atoms with Gasteiger partial charge in [0.2, 0.25) is 5.91 Å². The van der Waals surface area contributed by atoms with Gasteiger partial charge in [0.25, 0.3) is 5.56 Å². The zero-order chi connectivity index (χ0) is 16.9. The zero-order valence-electron chi connectivity index (χ0n) is 14.3. The first-order valence-electron chi connectivity index (χ1n) is 8.99. The summed E-state index contributed by atoms with van der Waals surface area (Å²) in [5, 5.41) is 0.532. The topological polar surface area (TPSA) is 64.0 Å². The van der Waals surface area contributed by atoms with Gasteiger partial charge in [-0.2, -0.15) is 0 Å². The van der Waals surface area contributed by atoms with Crippen molar-refractivity contribution in [2.75, 3.05) is 5.43 Å². The molecule has 1 heterocycles. The van der Waals surface area contributed by atoms with E-state index >= 15 is 0 Å². The predicted molar refractivity (Wildman–Crippen MR) is 95.6 cm³/mol. The number of amides is 1. The summed E-state index contributed by atoms with van der Waals surface area (Å²) in [4.78, 5) is 29.7. The van der Waals surface area contributed by atoms with Crippen LogP contribution in [0.3, 0.4) is 0 Å². The first-order chi connectivity index (χ1) is 11.7. The molecule has 0 atom stereocenters. The van der Waals surface area contributed by atoms with Crippen LogP contribution in [0.2, 0.25) is 0 Å². The maximum Gasteiger partial charge on any atom is 0.280 e. The molecule has 128 valence electrons. The monoisotopic (exact) mass is 327 g/mol. The van der Waals surface area contributed by atoms with Crippen molar-refractivity contribution < 1.29 is 4.79 Å². The smallest absolute Gasteiger partial charge is 0.273 e. The van der Waals surface area contributed by atoms with E-state index in [-0.39, 0.29) is 11.5 Å². The number of fused-ring (bicyclic) bond motifs is 1. The molecule has 5 nitrogen and oxygen atoms in total. The van der Waals surface area contributed by atoms with Crippen LogP contribution in [0, 0.1) is 5.92 Å². The van der Waals surface area contributed by atoms with Gasteiger partial charge in [-0.1, -0.05) is 44.7 Å². The van der Waals surface area contributed by atoms with Crippen molar-refractivity contribution in [1.82, 2.24) is 9.66 Å². The Morgan fingerprint density at radius 3 is 2.62 bits per heavy atom. The van der Waals surface area contributed by atoms with E-state index in [1.165, 1.54) is 30.4 Å². The lowest BCUT2D eigenvalue weighted by atomic mass is 9.96. The van der Waals surface area contributed by atoms with Crippen molar-refractivity contribution >= 4 is 16.8 Å². The summed E-state index contributed by atoms with van der Waals surface area (Å²) >= 11 is 0. The van der Waals surface area contributed by atoms with Crippen molar-refractivity contribution in [1.29, 1.82) is 0 Å². The maximum atomic E-state index is 12.7. The molecule has 1 aromatic carbocycles. The summed E-state index contributed by atoms with van der Waals surface area (Å²) in [5.41, 5.74) is 3.26. The summed E-state index contributed by atoms with van der Waals surface area (Å²) in [6.07, 6.45) is 8.24. The van der Waals surface area contributed by atoms with E-state index in [2.05, 4.69) is 10.4 Å². The molecule has 1 amide bonds. The highest BCUT2D eigenvalue weighted by Gasteiger charge is 2.18. The van der Waals surface area contributed by atoms with E-state index in [1.54, 1.807) is 6.07 Å². The summed E-state index contributed by atoms with van der Waals surface area (Å²) < 4.78 is 1.33. The summed E-state index contributed by atoms with van der Waals surface area (Å²) in [6, 6.07) is 7.25. The van der Waals surface area contributed by atoms with Gasteiger partial charge in [0.05, 0.1) is 10.9 Å². The Morgan fingerprint density at radius 1 is 1.21 bits per heavy atom. The maximum absolute atomic E-state index is 12.7. The van der Waals surface area contributed by atoms with Crippen LogP contribution < -0.4 is 11.0 Å². The van der Waals surface area contributed by atoms with Crippen molar-refractivity contribution in [3.05, 3.63) is 40.4 Å². The lowest BCUT2D eigenvalue weighted by Gasteiger charge is -2.16. The van der Waals surface area contributed by atoms with Crippen molar-refractivity contribution in [2.24, 2.45) is 5.92 Å². The molecule has 24 heavy (non-hydrogen) atoms. The molecular formula is C19H25N3O2. The minimum Gasteiger partial charge on any atom is -0.273 e. The number of nitrogens with one attached hydrogen (secondary N) is 1. The quantitative estimate of drug-likeness (QED) is 0.876. The van der Waals surface area contributed by atoms with Gasteiger partial charge in [-0.25, -0.2) is 9.66 Å². The number of hydrogen-bond donors (Lipinski definition) is 1. The fourth-order valence-corrected chi connectivity index (χ4v) is 3.53. The SMILES string of the molecule is CCc1nc2ccccc2c(=O)n1NC(=O)CC1CCCCCC1. The molecule has 0 radical (unpaired) electrons. The lowest BCUT2D eigenvalue weighted by molar-refractivity contribution is -0.118. The third kappa shape index (κ3) is 3.66. The Labute approximate surface area is 142 Å². The number of para-hydroxylation sites is 1. The number of carbonyl (C=O) groups is 1. The molecule has 1 N–H and O–H groups in total. The van der Waals surface area contributed by atoms with Gasteiger partial charge in [-0.05, 0) is 30.9 Å². The largest absolute Gasteiger partial charge is 0.280 e. The lowest BCUT2D eigenvalue weighted by Crippen LogP contribution is -2.36. The van der Waals surface area contributed by atoms with Crippen LogP contribution in [0.25, 0.3) is 10.9 Å². The molecule has 1 aliphatic rings. The first kappa shape index (κ1) is 16.7. The van der Waals surface area contributed by atoms with Gasteiger partial charge < -0.3 is 0 Å². The second kappa shape index (κ2) is 7.60. The first-order valence-corrected chi connectivity index (χ1v) is 8.99. The molecule has 0 spiro atoms. The van der Waals surface area contributed by atoms with Crippen LogP contribution in [0.1, 0.15) is 57.7 Å². The standard InChI is InChI=1S/C19H25N3O2/c1-2-17-20-16-12-8-7-11-15(16)19(24)22(17)21-18(23)13-14-9-5-3-4-6-10-14/h7-8,11-12,14H,2-6,9-10,13H2,1H3,(H,21,23). The fraction of sp³-hybridized carbons (Fsp3) is 0.526. The van der Waals surface area contributed by atoms with Gasteiger partial charge in [-0.3, -0.25) is 15.0 Å². The van der Waals surface area contributed by atoms with Gasteiger partial charge in [0, 0.05) is 12.8 Å². The van der Waals surface area contributed by atoms with E-state index in [0.717, 1.165) is 12.8 Å². The minimum absolute atomic E-state index is 0.0872. The molecule has 3 rings (SSSR count). The van der Waals surface area contributed by atoms with Crippen LogP contribution in [-0.2, 0) is 11.2 Å². The average Bonchev–Trinajstić information content (AvgIpc) is 2.86. The Kier molecular flexibility index (Phi) is 5.28. The molecule has 5 heteroatoms. The van der Waals surface area contributed by atoms with E-state index in [4.69, 9.17) is 0 Å². The highest BCUT2D eigenvalue weighted by molar-refractivity contribution is 5.84. The highest BCUT2D eigenvalue weighted by atomic mass is 16.2. The number of hydrogen-bond acceptors (Lipinski definition) is 3. The van der Waals surface area contributed by atoms with Crippen LogP contribution in [0.5, 0.6) is 0 Å². The molecular weight excluding hydrogens is 302 g/mol. The molecule has 2 aromatic rings. The number of benzene rings is 1. The van der Waals surface area contributed by atoms with Gasteiger partial charge in [0.15, 0.2) is 0 Å². The zero-order valence-corrected chi connectivity index (χ0v) is 14.3. The normalized spacial score (nSPS) is 16.0. The second-order valence-electron chi connectivity index (χ2n) is 6.64.